The number of hydrogen-bond acceptors (Lipinski definition) is 3. The molecule has 1 aliphatic carbocycles. The van der Waals surface area contributed by atoms with Crippen LogP contribution in [0, 0.1) is 6.92 Å². The summed E-state index contributed by atoms with van der Waals surface area (Å²) in [5.41, 5.74) is 2.41. The van der Waals surface area contributed by atoms with Crippen LogP contribution in [0.25, 0.3) is 11.5 Å². The van der Waals surface area contributed by atoms with Crippen molar-refractivity contribution in [3.8, 4) is 11.5 Å². The van der Waals surface area contributed by atoms with Crippen molar-refractivity contribution >= 4 is 21.9 Å². The van der Waals surface area contributed by atoms with Crippen molar-refractivity contribution in [3.63, 3.8) is 0 Å². The summed E-state index contributed by atoms with van der Waals surface area (Å²) in [7, 11) is 0. The van der Waals surface area contributed by atoms with E-state index >= 15 is 0 Å². The molecule has 0 aliphatic heterocycles. The molecule has 3 rings (SSSR count). The van der Waals surface area contributed by atoms with E-state index in [1.54, 1.807) is 0 Å². The zero-order valence-electron chi connectivity index (χ0n) is 10.3. The average Bonchev–Trinajstić information content (AvgIpc) is 3.09. The molecular formula is C14H12BrNO3. The van der Waals surface area contributed by atoms with Crippen molar-refractivity contribution in [2.45, 2.75) is 25.7 Å². The van der Waals surface area contributed by atoms with Crippen molar-refractivity contribution < 1.29 is 14.3 Å². The molecule has 0 spiro atoms. The number of carboxylic acids is 1. The number of aromatic carboxylic acids is 1. The van der Waals surface area contributed by atoms with Gasteiger partial charge >= 0.3 is 5.97 Å². The van der Waals surface area contributed by atoms with E-state index in [1.165, 1.54) is 0 Å². The van der Waals surface area contributed by atoms with Gasteiger partial charge in [-0.15, -0.1) is 0 Å². The molecule has 2 aromatic rings. The Morgan fingerprint density at radius 1 is 1.47 bits per heavy atom. The smallest absolute Gasteiger partial charge is 0.373 e. The summed E-state index contributed by atoms with van der Waals surface area (Å²) >= 11 is 3.40. The maximum atomic E-state index is 11.2. The van der Waals surface area contributed by atoms with Crippen LogP contribution in [0.3, 0.4) is 0 Å². The van der Waals surface area contributed by atoms with Gasteiger partial charge in [0.15, 0.2) is 0 Å². The summed E-state index contributed by atoms with van der Waals surface area (Å²) in [6.45, 7) is 1.95. The summed E-state index contributed by atoms with van der Waals surface area (Å²) in [5.74, 6) is -0.418. The van der Waals surface area contributed by atoms with Crippen LogP contribution < -0.4 is 0 Å². The van der Waals surface area contributed by atoms with Crippen LogP contribution in [0.4, 0.5) is 0 Å². The number of carbonyl (C=O) groups is 1. The first kappa shape index (κ1) is 12.4. The highest BCUT2D eigenvalue weighted by molar-refractivity contribution is 9.10. The van der Waals surface area contributed by atoms with Crippen molar-refractivity contribution in [2.24, 2.45) is 0 Å². The summed E-state index contributed by atoms with van der Waals surface area (Å²) in [6.07, 6.45) is 1.98. The predicted octanol–water partition coefficient (Wildman–Crippen LogP) is 3.99. The maximum Gasteiger partial charge on any atom is 0.373 e. The van der Waals surface area contributed by atoms with E-state index in [2.05, 4.69) is 20.9 Å². The molecule has 19 heavy (non-hydrogen) atoms. The molecule has 1 aromatic carbocycles. The monoisotopic (exact) mass is 321 g/mol. The number of nitrogens with zero attached hydrogens (tertiary/aromatic N) is 1. The first-order chi connectivity index (χ1) is 9.06. The van der Waals surface area contributed by atoms with Gasteiger partial charge in [0.25, 0.3) is 0 Å². The summed E-state index contributed by atoms with van der Waals surface area (Å²) in [5, 5.41) is 9.17. The Labute approximate surface area is 118 Å². The van der Waals surface area contributed by atoms with E-state index in [4.69, 9.17) is 4.42 Å². The standard InChI is InChI=1S/C14H12BrNO3/c1-7-6-9(15)4-5-10(7)13-16-11(8-2-3-8)12(19-13)14(17)18/h4-6,8H,2-3H2,1H3,(H,17,18). The largest absolute Gasteiger partial charge is 0.475 e. The van der Waals surface area contributed by atoms with Gasteiger partial charge in [-0.3, -0.25) is 0 Å². The van der Waals surface area contributed by atoms with Crippen LogP contribution in [0.1, 0.15) is 40.6 Å². The molecule has 0 unspecified atom stereocenters. The summed E-state index contributed by atoms with van der Waals surface area (Å²) in [6, 6.07) is 5.73. The molecule has 1 aromatic heterocycles. The number of benzene rings is 1. The number of aromatic nitrogens is 1. The SMILES string of the molecule is Cc1cc(Br)ccc1-c1nc(C2CC2)c(C(=O)O)o1. The van der Waals surface area contributed by atoms with Gasteiger partial charge in [0, 0.05) is 16.0 Å². The van der Waals surface area contributed by atoms with Gasteiger partial charge in [-0.25, -0.2) is 9.78 Å². The third-order valence-corrected chi connectivity index (χ3v) is 3.72. The Hall–Kier alpha value is -1.62. The van der Waals surface area contributed by atoms with Gasteiger partial charge in [-0.2, -0.15) is 0 Å². The van der Waals surface area contributed by atoms with Crippen LogP contribution in [0.15, 0.2) is 27.1 Å². The zero-order chi connectivity index (χ0) is 13.6. The average molecular weight is 322 g/mol. The Morgan fingerprint density at radius 2 is 2.21 bits per heavy atom. The molecule has 0 amide bonds. The third-order valence-electron chi connectivity index (χ3n) is 3.23. The second-order valence-corrected chi connectivity index (χ2v) is 5.69. The quantitative estimate of drug-likeness (QED) is 0.928. The Bertz CT molecular complexity index is 659. The molecule has 1 heterocycles. The first-order valence-corrected chi connectivity index (χ1v) is 6.86. The number of halogens is 1. The molecular weight excluding hydrogens is 310 g/mol. The molecule has 4 nitrogen and oxygen atoms in total. The van der Waals surface area contributed by atoms with Crippen LogP contribution in [0.5, 0.6) is 0 Å². The summed E-state index contributed by atoms with van der Waals surface area (Å²) < 4.78 is 6.43. The lowest BCUT2D eigenvalue weighted by atomic mass is 10.1. The highest BCUT2D eigenvalue weighted by Crippen LogP contribution is 2.42. The molecule has 0 radical (unpaired) electrons. The van der Waals surface area contributed by atoms with Gasteiger partial charge in [0.1, 0.15) is 0 Å². The maximum absolute atomic E-state index is 11.2. The van der Waals surface area contributed by atoms with Crippen molar-refractivity contribution in [3.05, 3.63) is 39.7 Å². The first-order valence-electron chi connectivity index (χ1n) is 6.07. The van der Waals surface area contributed by atoms with Gasteiger partial charge < -0.3 is 9.52 Å². The minimum Gasteiger partial charge on any atom is -0.475 e. The fourth-order valence-electron chi connectivity index (χ4n) is 2.10. The number of aryl methyl sites for hydroxylation is 1. The molecule has 1 fully saturated rings. The second kappa shape index (κ2) is 4.49. The molecule has 0 saturated heterocycles. The fraction of sp³-hybridized carbons (Fsp3) is 0.286. The van der Waals surface area contributed by atoms with Gasteiger partial charge in [-0.1, -0.05) is 15.9 Å². The lowest BCUT2D eigenvalue weighted by molar-refractivity contribution is 0.0661. The van der Waals surface area contributed by atoms with Crippen LogP contribution in [0.2, 0.25) is 0 Å². The lowest BCUT2D eigenvalue weighted by Crippen LogP contribution is -1.98. The van der Waals surface area contributed by atoms with Crippen LogP contribution in [-0.2, 0) is 0 Å². The highest BCUT2D eigenvalue weighted by Gasteiger charge is 2.33. The topological polar surface area (TPSA) is 63.3 Å². The third kappa shape index (κ3) is 2.30. The Balaban J connectivity index is 2.10. The van der Waals surface area contributed by atoms with Crippen LogP contribution >= 0.6 is 15.9 Å². The van der Waals surface area contributed by atoms with E-state index in [0.29, 0.717) is 11.6 Å². The Kier molecular flexibility index (Phi) is 2.93. The number of carboxylic acid groups (broad SMARTS) is 1. The van der Waals surface area contributed by atoms with Gasteiger partial charge in [0.05, 0.1) is 5.69 Å². The highest BCUT2D eigenvalue weighted by atomic mass is 79.9. The minimum atomic E-state index is -1.05. The predicted molar refractivity (Wildman–Crippen MR) is 73.3 cm³/mol. The normalized spacial score (nSPS) is 14.6. The number of rotatable bonds is 3. The minimum absolute atomic E-state index is 0.0141. The fourth-order valence-corrected chi connectivity index (χ4v) is 2.58. The van der Waals surface area contributed by atoms with E-state index in [1.807, 2.05) is 25.1 Å². The van der Waals surface area contributed by atoms with Crippen molar-refractivity contribution in [2.75, 3.05) is 0 Å². The summed E-state index contributed by atoms with van der Waals surface area (Å²) in [4.78, 5) is 15.6. The molecule has 98 valence electrons. The molecule has 5 heteroatoms. The molecule has 1 N–H and O–H groups in total. The van der Waals surface area contributed by atoms with Gasteiger partial charge in [0.2, 0.25) is 11.7 Å². The Morgan fingerprint density at radius 3 is 2.79 bits per heavy atom. The molecule has 1 aliphatic rings. The van der Waals surface area contributed by atoms with Gasteiger partial charge in [-0.05, 0) is 43.5 Å². The van der Waals surface area contributed by atoms with E-state index in [-0.39, 0.29) is 11.7 Å². The zero-order valence-corrected chi connectivity index (χ0v) is 11.9. The van der Waals surface area contributed by atoms with Crippen LogP contribution in [-0.4, -0.2) is 16.1 Å². The molecule has 0 bridgehead atoms. The van der Waals surface area contributed by atoms with E-state index in [0.717, 1.165) is 28.4 Å². The molecule has 1 saturated carbocycles. The van der Waals surface area contributed by atoms with Crippen molar-refractivity contribution in [1.82, 2.24) is 4.98 Å². The van der Waals surface area contributed by atoms with E-state index in [9.17, 15) is 9.90 Å². The second-order valence-electron chi connectivity index (χ2n) is 4.77. The van der Waals surface area contributed by atoms with Crippen molar-refractivity contribution in [1.29, 1.82) is 0 Å². The number of hydrogen-bond donors (Lipinski definition) is 1. The molecule has 0 atom stereocenters. The number of oxazole rings is 1. The lowest BCUT2D eigenvalue weighted by Gasteiger charge is -2.01. The van der Waals surface area contributed by atoms with E-state index < -0.39 is 5.97 Å².